The second kappa shape index (κ2) is 7.19. The highest BCUT2D eigenvalue weighted by atomic mass is 16.5. The quantitative estimate of drug-likeness (QED) is 0.705. The van der Waals surface area contributed by atoms with Crippen LogP contribution in [0.2, 0.25) is 0 Å². The number of nitrogens with zero attached hydrogens (tertiary/aromatic N) is 1. The Kier molecular flexibility index (Phi) is 4.57. The second-order valence-corrected chi connectivity index (χ2v) is 6.54. The molecule has 0 unspecified atom stereocenters. The van der Waals surface area contributed by atoms with E-state index in [9.17, 15) is 14.4 Å². The van der Waals surface area contributed by atoms with Crippen LogP contribution in [0.15, 0.2) is 52.9 Å². The fraction of sp³-hybridized carbons (Fsp3) is 0.190. The number of carbonyl (C=O) groups excluding carboxylic acids is 3. The van der Waals surface area contributed by atoms with Gasteiger partial charge in [0.2, 0.25) is 11.7 Å². The highest BCUT2D eigenvalue weighted by molar-refractivity contribution is 5.97. The average Bonchev–Trinajstić information content (AvgIpc) is 3.29. The molecule has 1 N–H and O–H groups in total. The number of anilines is 2. The normalized spacial score (nSPS) is 12.7. The number of ether oxygens (including phenoxy) is 1. The van der Waals surface area contributed by atoms with Gasteiger partial charge >= 0.3 is 5.97 Å². The third-order valence-electron chi connectivity index (χ3n) is 4.60. The molecule has 1 aliphatic heterocycles. The van der Waals surface area contributed by atoms with Gasteiger partial charge in [-0.05, 0) is 42.3 Å². The summed E-state index contributed by atoms with van der Waals surface area (Å²) in [5, 5.41) is 3.49. The van der Waals surface area contributed by atoms with Gasteiger partial charge in [-0.2, -0.15) is 0 Å². The topological polar surface area (TPSA) is 88.9 Å². The number of rotatable bonds is 4. The monoisotopic (exact) mass is 378 g/mol. The highest BCUT2D eigenvalue weighted by Crippen LogP contribution is 2.30. The Morgan fingerprint density at radius 1 is 1.14 bits per heavy atom. The van der Waals surface area contributed by atoms with Gasteiger partial charge in [-0.15, -0.1) is 0 Å². The maximum Gasteiger partial charge on any atom is 0.374 e. The molecular weight excluding hydrogens is 360 g/mol. The zero-order chi connectivity index (χ0) is 19.7. The van der Waals surface area contributed by atoms with Gasteiger partial charge in [0.25, 0.3) is 5.91 Å². The van der Waals surface area contributed by atoms with Gasteiger partial charge in [-0.1, -0.05) is 18.2 Å². The maximum atomic E-state index is 12.1. The summed E-state index contributed by atoms with van der Waals surface area (Å²) in [4.78, 5) is 37.5. The Morgan fingerprint density at radius 3 is 2.75 bits per heavy atom. The summed E-state index contributed by atoms with van der Waals surface area (Å²) in [5.41, 5.74) is 3.03. The van der Waals surface area contributed by atoms with Crippen molar-refractivity contribution in [3.8, 4) is 0 Å². The van der Waals surface area contributed by atoms with Gasteiger partial charge in [0.05, 0.1) is 0 Å². The second-order valence-electron chi connectivity index (χ2n) is 6.54. The van der Waals surface area contributed by atoms with E-state index in [4.69, 9.17) is 9.15 Å². The molecule has 28 heavy (non-hydrogen) atoms. The lowest BCUT2D eigenvalue weighted by molar-refractivity contribution is -0.119. The largest absolute Gasteiger partial charge is 0.450 e. The Labute approximate surface area is 160 Å². The first-order valence-corrected chi connectivity index (χ1v) is 8.88. The van der Waals surface area contributed by atoms with Crippen molar-refractivity contribution in [2.45, 2.75) is 13.3 Å². The minimum atomic E-state index is -0.697. The molecule has 0 bridgehead atoms. The molecule has 2 heterocycles. The van der Waals surface area contributed by atoms with Crippen LogP contribution in [0.3, 0.4) is 0 Å². The van der Waals surface area contributed by atoms with E-state index in [2.05, 4.69) is 5.32 Å². The summed E-state index contributed by atoms with van der Waals surface area (Å²) in [5.74, 6) is -1.10. The third kappa shape index (κ3) is 3.46. The molecular formula is C21H18N2O5. The van der Waals surface area contributed by atoms with Crippen molar-refractivity contribution in [3.63, 3.8) is 0 Å². The Balaban J connectivity index is 1.36. The van der Waals surface area contributed by atoms with E-state index in [1.807, 2.05) is 18.2 Å². The molecule has 0 saturated carbocycles. The molecule has 4 rings (SSSR count). The summed E-state index contributed by atoms with van der Waals surface area (Å²) in [7, 11) is 0. The van der Waals surface area contributed by atoms with Gasteiger partial charge in [0, 0.05) is 30.2 Å². The number of furan rings is 1. The number of para-hydroxylation sites is 1. The molecule has 2 amide bonds. The van der Waals surface area contributed by atoms with E-state index in [1.54, 1.807) is 35.2 Å². The van der Waals surface area contributed by atoms with Crippen LogP contribution in [0.4, 0.5) is 11.4 Å². The summed E-state index contributed by atoms with van der Waals surface area (Å²) in [6, 6.07) is 14.2. The Morgan fingerprint density at radius 2 is 1.96 bits per heavy atom. The summed E-state index contributed by atoms with van der Waals surface area (Å²) in [6.07, 6.45) is 0.736. The van der Waals surface area contributed by atoms with Crippen LogP contribution in [-0.4, -0.2) is 30.9 Å². The summed E-state index contributed by atoms with van der Waals surface area (Å²) < 4.78 is 10.5. The lowest BCUT2D eigenvalue weighted by Gasteiger charge is -2.15. The summed E-state index contributed by atoms with van der Waals surface area (Å²) >= 11 is 0. The number of fused-ring (bicyclic) bond motifs is 2. The number of hydrogen-bond donors (Lipinski definition) is 1. The standard InChI is InChI=1S/C21H18N2O5/c1-13(24)23-9-8-14-10-16(6-7-17(14)23)22-20(25)12-27-21(26)19-11-15-4-2-3-5-18(15)28-19/h2-7,10-11H,8-9,12H2,1H3,(H,22,25). The molecule has 0 radical (unpaired) electrons. The van der Waals surface area contributed by atoms with Crippen molar-refractivity contribution in [2.75, 3.05) is 23.4 Å². The van der Waals surface area contributed by atoms with Crippen LogP contribution in [0.25, 0.3) is 11.0 Å². The van der Waals surface area contributed by atoms with Crippen molar-refractivity contribution in [1.29, 1.82) is 0 Å². The molecule has 0 fully saturated rings. The van der Waals surface area contributed by atoms with Crippen molar-refractivity contribution in [1.82, 2.24) is 0 Å². The molecule has 1 aliphatic rings. The first-order valence-electron chi connectivity index (χ1n) is 8.88. The molecule has 7 nitrogen and oxygen atoms in total. The van der Waals surface area contributed by atoms with E-state index >= 15 is 0 Å². The molecule has 3 aromatic rings. The van der Waals surface area contributed by atoms with Crippen LogP contribution in [-0.2, 0) is 20.7 Å². The van der Waals surface area contributed by atoms with Gasteiger partial charge in [-0.25, -0.2) is 4.79 Å². The van der Waals surface area contributed by atoms with Crippen molar-refractivity contribution < 1.29 is 23.5 Å². The van der Waals surface area contributed by atoms with Crippen LogP contribution < -0.4 is 10.2 Å². The first kappa shape index (κ1) is 17.8. The van der Waals surface area contributed by atoms with Crippen LogP contribution >= 0.6 is 0 Å². The predicted octanol–water partition coefficient (Wildman–Crippen LogP) is 3.14. The first-order chi connectivity index (χ1) is 13.5. The molecule has 0 aliphatic carbocycles. The van der Waals surface area contributed by atoms with Gasteiger partial charge in [0.15, 0.2) is 6.61 Å². The minimum Gasteiger partial charge on any atom is -0.450 e. The van der Waals surface area contributed by atoms with Crippen molar-refractivity contribution in [2.24, 2.45) is 0 Å². The number of amides is 2. The maximum absolute atomic E-state index is 12.1. The Hall–Kier alpha value is -3.61. The molecule has 7 heteroatoms. The lowest BCUT2D eigenvalue weighted by atomic mass is 10.1. The van der Waals surface area contributed by atoms with Crippen LogP contribution in [0.5, 0.6) is 0 Å². The molecule has 0 atom stereocenters. The fourth-order valence-electron chi connectivity index (χ4n) is 3.29. The average molecular weight is 378 g/mol. The van der Waals surface area contributed by atoms with Gasteiger partial charge < -0.3 is 19.4 Å². The van der Waals surface area contributed by atoms with E-state index in [0.29, 0.717) is 17.8 Å². The number of esters is 1. The lowest BCUT2D eigenvalue weighted by Crippen LogP contribution is -2.25. The smallest absolute Gasteiger partial charge is 0.374 e. The van der Waals surface area contributed by atoms with Gasteiger partial charge in [0.1, 0.15) is 5.58 Å². The molecule has 142 valence electrons. The Bertz CT molecular complexity index is 1050. The van der Waals surface area contributed by atoms with E-state index in [-0.39, 0.29) is 11.7 Å². The van der Waals surface area contributed by atoms with E-state index in [1.165, 1.54) is 6.92 Å². The molecule has 1 aromatic heterocycles. The number of nitrogens with one attached hydrogen (secondary N) is 1. The highest BCUT2D eigenvalue weighted by Gasteiger charge is 2.22. The molecule has 2 aromatic carbocycles. The molecule has 0 spiro atoms. The van der Waals surface area contributed by atoms with E-state index in [0.717, 1.165) is 23.1 Å². The SMILES string of the molecule is CC(=O)N1CCc2cc(NC(=O)COC(=O)c3cc4ccccc4o3)ccc21. The summed E-state index contributed by atoms with van der Waals surface area (Å²) in [6.45, 7) is 1.74. The zero-order valence-electron chi connectivity index (χ0n) is 15.2. The fourth-order valence-corrected chi connectivity index (χ4v) is 3.29. The minimum absolute atomic E-state index is 0.00645. The van der Waals surface area contributed by atoms with E-state index < -0.39 is 18.5 Å². The van der Waals surface area contributed by atoms with Gasteiger partial charge in [-0.3, -0.25) is 9.59 Å². The van der Waals surface area contributed by atoms with Crippen molar-refractivity contribution >= 4 is 40.1 Å². The number of carbonyl (C=O) groups is 3. The predicted molar refractivity (Wildman–Crippen MR) is 103 cm³/mol. The number of benzene rings is 2. The zero-order valence-corrected chi connectivity index (χ0v) is 15.2. The van der Waals surface area contributed by atoms with Crippen LogP contribution in [0, 0.1) is 0 Å². The third-order valence-corrected chi connectivity index (χ3v) is 4.60. The number of hydrogen-bond acceptors (Lipinski definition) is 5. The van der Waals surface area contributed by atoms with Crippen molar-refractivity contribution in [3.05, 3.63) is 59.9 Å². The van der Waals surface area contributed by atoms with Crippen LogP contribution in [0.1, 0.15) is 23.0 Å². The molecule has 0 saturated heterocycles.